The van der Waals surface area contributed by atoms with Crippen molar-refractivity contribution in [2.75, 3.05) is 12.0 Å². The zero-order chi connectivity index (χ0) is 28.2. The van der Waals surface area contributed by atoms with Gasteiger partial charge < -0.3 is 14.7 Å². The van der Waals surface area contributed by atoms with Crippen LogP contribution in [0.4, 0.5) is 17.1 Å². The Labute approximate surface area is 240 Å². The van der Waals surface area contributed by atoms with Crippen LogP contribution in [-0.2, 0) is 4.79 Å². The van der Waals surface area contributed by atoms with Gasteiger partial charge >= 0.3 is 5.97 Å². The van der Waals surface area contributed by atoms with Crippen molar-refractivity contribution in [3.63, 3.8) is 0 Å². The number of hydrogen-bond acceptors (Lipinski definition) is 7. The van der Waals surface area contributed by atoms with E-state index in [0.717, 1.165) is 37.4 Å². The number of hydrogen-bond donors (Lipinski definition) is 1. The van der Waals surface area contributed by atoms with Gasteiger partial charge in [-0.25, -0.2) is 9.78 Å². The molecule has 0 aliphatic carbocycles. The molecule has 0 radical (unpaired) electrons. The summed E-state index contributed by atoms with van der Waals surface area (Å²) < 4.78 is 5.62. The van der Waals surface area contributed by atoms with Gasteiger partial charge in [-0.3, -0.25) is 0 Å². The second-order valence-electron chi connectivity index (χ2n) is 9.09. The Hall–Kier alpha value is -4.71. The van der Waals surface area contributed by atoms with E-state index in [1.54, 1.807) is 19.2 Å². The molecule has 0 fully saturated rings. The maximum Gasteiger partial charge on any atom is 0.346 e. The molecular weight excluding hydrogens is 539 g/mol. The Morgan fingerprint density at radius 2 is 1.43 bits per heavy atom. The van der Waals surface area contributed by atoms with Gasteiger partial charge in [0.1, 0.15) is 16.6 Å². The van der Waals surface area contributed by atoms with Gasteiger partial charge in [-0.2, -0.15) is 5.26 Å². The van der Waals surface area contributed by atoms with Gasteiger partial charge in [0.2, 0.25) is 5.88 Å². The van der Waals surface area contributed by atoms with Crippen LogP contribution in [0.15, 0.2) is 90.5 Å². The van der Waals surface area contributed by atoms with E-state index in [-0.39, 0.29) is 5.57 Å². The first-order chi connectivity index (χ1) is 19.4. The number of aryl methyl sites for hydroxylation is 2. The van der Waals surface area contributed by atoms with Crippen LogP contribution in [0.2, 0.25) is 0 Å². The van der Waals surface area contributed by atoms with Crippen LogP contribution < -0.4 is 9.64 Å². The first kappa shape index (κ1) is 26.9. The molecule has 0 saturated heterocycles. The number of carbonyl (C=O) groups is 1. The summed E-state index contributed by atoms with van der Waals surface area (Å²) in [7, 11) is 1.60. The molecule has 0 spiro atoms. The number of methoxy groups -OCH3 is 1. The molecule has 1 N–H and O–H groups in total. The first-order valence-corrected chi connectivity index (χ1v) is 14.0. The minimum atomic E-state index is -1.25. The van der Waals surface area contributed by atoms with E-state index in [2.05, 4.69) is 96.5 Å². The van der Waals surface area contributed by atoms with Crippen LogP contribution >= 0.6 is 22.7 Å². The van der Waals surface area contributed by atoms with Crippen LogP contribution in [0.1, 0.15) is 16.0 Å². The van der Waals surface area contributed by atoms with E-state index in [4.69, 9.17) is 15.1 Å². The highest BCUT2D eigenvalue weighted by atomic mass is 32.1. The first-order valence-electron chi connectivity index (χ1n) is 12.4. The number of carboxylic acid groups (broad SMARTS) is 1. The summed E-state index contributed by atoms with van der Waals surface area (Å²) in [6.45, 7) is 4.16. The Morgan fingerprint density at radius 1 is 0.875 bits per heavy atom. The minimum Gasteiger partial charge on any atom is -0.480 e. The number of aromatic nitrogens is 1. The second kappa shape index (κ2) is 11.6. The summed E-state index contributed by atoms with van der Waals surface area (Å²) in [5.74, 6) is -0.724. The van der Waals surface area contributed by atoms with Crippen molar-refractivity contribution >= 4 is 51.8 Å². The molecule has 0 bridgehead atoms. The molecule has 8 heteroatoms. The van der Waals surface area contributed by atoms with Crippen molar-refractivity contribution in [1.82, 2.24) is 4.98 Å². The largest absolute Gasteiger partial charge is 0.480 e. The number of nitriles is 1. The molecule has 0 saturated carbocycles. The van der Waals surface area contributed by atoms with Crippen molar-refractivity contribution in [3.8, 4) is 32.3 Å². The van der Waals surface area contributed by atoms with Crippen LogP contribution in [0, 0.1) is 25.2 Å². The zero-order valence-corrected chi connectivity index (χ0v) is 23.7. The minimum absolute atomic E-state index is 0.309. The summed E-state index contributed by atoms with van der Waals surface area (Å²) in [4.78, 5) is 20.5. The summed E-state index contributed by atoms with van der Waals surface area (Å²) in [5, 5.41) is 19.0. The van der Waals surface area contributed by atoms with Crippen molar-refractivity contribution in [2.24, 2.45) is 0 Å². The van der Waals surface area contributed by atoms with Gasteiger partial charge in [0.05, 0.1) is 16.9 Å². The lowest BCUT2D eigenvalue weighted by molar-refractivity contribution is -0.132. The normalized spacial score (nSPS) is 11.2. The molecule has 2 heterocycles. The highest BCUT2D eigenvalue weighted by molar-refractivity contribution is 7.24. The number of benzene rings is 3. The van der Waals surface area contributed by atoms with Gasteiger partial charge in [-0.1, -0.05) is 47.5 Å². The van der Waals surface area contributed by atoms with Crippen molar-refractivity contribution in [3.05, 3.63) is 107 Å². The number of thiazole rings is 1. The van der Waals surface area contributed by atoms with Gasteiger partial charge in [-0.05, 0) is 74.0 Å². The van der Waals surface area contributed by atoms with Crippen LogP contribution in [0.5, 0.6) is 5.88 Å². The van der Waals surface area contributed by atoms with Crippen LogP contribution in [0.25, 0.3) is 26.4 Å². The molecule has 0 amide bonds. The molecule has 3 aromatic carbocycles. The van der Waals surface area contributed by atoms with E-state index in [1.807, 2.05) is 6.07 Å². The zero-order valence-electron chi connectivity index (χ0n) is 22.1. The molecule has 5 aromatic rings. The Morgan fingerprint density at radius 3 is 1.93 bits per heavy atom. The number of nitrogens with zero attached hydrogens (tertiary/aromatic N) is 3. The number of ether oxygens (including phenoxy) is 1. The third-order valence-electron chi connectivity index (χ3n) is 6.24. The number of anilines is 3. The van der Waals surface area contributed by atoms with Crippen LogP contribution in [0.3, 0.4) is 0 Å². The third-order valence-corrected chi connectivity index (χ3v) is 8.52. The molecule has 198 valence electrons. The SMILES string of the molecule is COc1nc(-c2ccc(/C=C(/C#N)C(=O)O)s2)sc1-c1ccc(N(c2ccc(C)cc2)c2ccc(C)cc2)cc1. The maximum absolute atomic E-state index is 11.2. The number of aliphatic carboxylic acids is 1. The summed E-state index contributed by atoms with van der Waals surface area (Å²) in [5.41, 5.74) is 6.26. The average Bonchev–Trinajstić information content (AvgIpc) is 3.61. The molecule has 0 unspecified atom stereocenters. The lowest BCUT2D eigenvalue weighted by Crippen LogP contribution is -2.09. The van der Waals surface area contributed by atoms with Gasteiger partial charge in [0, 0.05) is 21.9 Å². The molecule has 2 aromatic heterocycles. The highest BCUT2D eigenvalue weighted by Crippen LogP contribution is 2.43. The summed E-state index contributed by atoms with van der Waals surface area (Å²) in [6, 6.07) is 30.7. The predicted molar refractivity (Wildman–Crippen MR) is 163 cm³/mol. The summed E-state index contributed by atoms with van der Waals surface area (Å²) in [6.07, 6.45) is 1.37. The van der Waals surface area contributed by atoms with Crippen molar-refractivity contribution in [1.29, 1.82) is 5.26 Å². The van der Waals surface area contributed by atoms with E-state index in [1.165, 1.54) is 39.9 Å². The molecular formula is C32H25N3O3S2. The number of rotatable bonds is 8. The number of thiophene rings is 1. The van der Waals surface area contributed by atoms with E-state index < -0.39 is 5.97 Å². The molecule has 0 aliphatic heterocycles. The Kier molecular flexibility index (Phi) is 7.78. The highest BCUT2D eigenvalue weighted by Gasteiger charge is 2.18. The average molecular weight is 564 g/mol. The lowest BCUT2D eigenvalue weighted by atomic mass is 10.1. The third kappa shape index (κ3) is 5.66. The van der Waals surface area contributed by atoms with E-state index in [9.17, 15) is 4.79 Å². The quantitative estimate of drug-likeness (QED) is 0.150. The fraction of sp³-hybridized carbons (Fsp3) is 0.0938. The molecule has 6 nitrogen and oxygen atoms in total. The Balaban J connectivity index is 1.48. The Bertz CT molecular complexity index is 1680. The lowest BCUT2D eigenvalue weighted by Gasteiger charge is -2.26. The monoisotopic (exact) mass is 563 g/mol. The fourth-order valence-electron chi connectivity index (χ4n) is 4.16. The van der Waals surface area contributed by atoms with Gasteiger partial charge in [0.25, 0.3) is 0 Å². The molecule has 40 heavy (non-hydrogen) atoms. The van der Waals surface area contributed by atoms with Gasteiger partial charge in [0.15, 0.2) is 0 Å². The van der Waals surface area contributed by atoms with Gasteiger partial charge in [-0.15, -0.1) is 22.7 Å². The van der Waals surface area contributed by atoms with E-state index >= 15 is 0 Å². The molecule has 5 rings (SSSR count). The number of carboxylic acids is 1. The maximum atomic E-state index is 11.2. The standard InChI is InChI=1S/C32H25N3O3S2/c1-20-4-10-24(11-5-20)35(25-12-6-21(2)7-13-25)26-14-8-22(9-15-26)29-30(38-3)34-31(40-29)28-17-16-27(39-28)18-23(19-33)32(36)37/h4-18H,1-3H3,(H,36,37)/b23-18-. The van der Waals surface area contributed by atoms with Crippen molar-refractivity contribution in [2.45, 2.75) is 13.8 Å². The smallest absolute Gasteiger partial charge is 0.346 e. The molecule has 0 atom stereocenters. The van der Waals surface area contributed by atoms with Crippen LogP contribution in [-0.4, -0.2) is 23.2 Å². The predicted octanol–water partition coefficient (Wildman–Crippen LogP) is 8.63. The fourth-order valence-corrected chi connectivity index (χ4v) is 6.21. The molecule has 0 aliphatic rings. The summed E-state index contributed by atoms with van der Waals surface area (Å²) >= 11 is 2.88. The van der Waals surface area contributed by atoms with E-state index in [0.29, 0.717) is 10.8 Å². The van der Waals surface area contributed by atoms with Crippen molar-refractivity contribution < 1.29 is 14.6 Å². The second-order valence-corrected chi connectivity index (χ2v) is 11.2. The topological polar surface area (TPSA) is 86.4 Å².